The Morgan fingerprint density at radius 1 is 1.50 bits per heavy atom. The molecule has 6 heteroatoms. The summed E-state index contributed by atoms with van der Waals surface area (Å²) in [6.45, 7) is 3.31. The predicted molar refractivity (Wildman–Crippen MR) is 87.8 cm³/mol. The first kappa shape index (κ1) is 15.8. The lowest BCUT2D eigenvalue weighted by Crippen LogP contribution is -2.58. The van der Waals surface area contributed by atoms with Gasteiger partial charge in [0.2, 0.25) is 5.91 Å². The fourth-order valence-electron chi connectivity index (χ4n) is 3.05. The van der Waals surface area contributed by atoms with Gasteiger partial charge in [-0.1, -0.05) is 6.07 Å². The van der Waals surface area contributed by atoms with Gasteiger partial charge in [-0.05, 0) is 18.6 Å². The van der Waals surface area contributed by atoms with E-state index in [2.05, 4.69) is 16.0 Å². The van der Waals surface area contributed by atoms with Crippen LogP contribution in [0.15, 0.2) is 24.4 Å². The normalized spacial score (nSPS) is 23.5. The Kier molecular flexibility index (Phi) is 4.70. The first-order valence-electron chi connectivity index (χ1n) is 7.64. The summed E-state index contributed by atoms with van der Waals surface area (Å²) in [6, 6.07) is 6.06. The summed E-state index contributed by atoms with van der Waals surface area (Å²) < 4.78 is 6.10. The molecule has 120 valence electrons. The van der Waals surface area contributed by atoms with Crippen molar-refractivity contribution in [1.82, 2.24) is 14.8 Å². The first-order chi connectivity index (χ1) is 10.6. The highest BCUT2D eigenvalue weighted by atomic mass is 32.2. The Labute approximate surface area is 136 Å². The lowest BCUT2D eigenvalue weighted by molar-refractivity contribution is -0.135. The third kappa shape index (κ3) is 3.62. The van der Waals surface area contributed by atoms with Gasteiger partial charge in [0.05, 0.1) is 11.8 Å². The number of rotatable bonds is 5. The number of carbonyl (C=O) groups is 1. The highest BCUT2D eigenvalue weighted by Gasteiger charge is 2.49. The number of likely N-dealkylation sites (tertiary alicyclic amines) is 1. The van der Waals surface area contributed by atoms with Gasteiger partial charge in [-0.15, -0.1) is 11.8 Å². The molecule has 0 saturated carbocycles. The van der Waals surface area contributed by atoms with Gasteiger partial charge in [-0.25, -0.2) is 0 Å². The summed E-state index contributed by atoms with van der Waals surface area (Å²) in [4.78, 5) is 20.0. The molecular formula is C16H23N3O2S. The topological polar surface area (TPSA) is 45.7 Å². The average Bonchev–Trinajstić information content (AvgIpc) is 2.90. The standard InChI is InChI=1S/C16H23N3O2S/c1-18(2)15(20)9-21-14-7-16(22-10-14)11-19(12-16)8-13-5-3-4-6-17-13/h3-6,14H,7-12H2,1-2H3. The second-order valence-corrected chi connectivity index (χ2v) is 7.87. The van der Waals surface area contributed by atoms with Gasteiger partial charge in [0.25, 0.3) is 0 Å². The van der Waals surface area contributed by atoms with Crippen molar-refractivity contribution in [1.29, 1.82) is 0 Å². The van der Waals surface area contributed by atoms with Crippen LogP contribution in [0.2, 0.25) is 0 Å². The van der Waals surface area contributed by atoms with Crippen LogP contribution in [-0.4, -0.2) is 71.1 Å². The molecule has 2 fully saturated rings. The summed E-state index contributed by atoms with van der Waals surface area (Å²) >= 11 is 2.00. The zero-order valence-corrected chi connectivity index (χ0v) is 14.0. The highest BCUT2D eigenvalue weighted by Crippen LogP contribution is 2.46. The fourth-order valence-corrected chi connectivity index (χ4v) is 4.65. The molecule has 1 spiro atoms. The quantitative estimate of drug-likeness (QED) is 0.817. The molecule has 5 nitrogen and oxygen atoms in total. The summed E-state index contributed by atoms with van der Waals surface area (Å²) in [5, 5.41) is 0. The molecule has 0 aliphatic carbocycles. The van der Waals surface area contributed by atoms with Crippen LogP contribution >= 0.6 is 11.8 Å². The van der Waals surface area contributed by atoms with Crippen molar-refractivity contribution in [3.05, 3.63) is 30.1 Å². The number of nitrogens with zero attached hydrogens (tertiary/aromatic N) is 3. The van der Waals surface area contributed by atoms with E-state index < -0.39 is 0 Å². The number of aromatic nitrogens is 1. The number of thioether (sulfide) groups is 1. The zero-order chi connectivity index (χ0) is 15.6. The average molecular weight is 321 g/mol. The maximum atomic E-state index is 11.6. The summed E-state index contributed by atoms with van der Waals surface area (Å²) in [5.74, 6) is 1.04. The van der Waals surface area contributed by atoms with E-state index in [0.717, 1.165) is 37.5 Å². The van der Waals surface area contributed by atoms with Gasteiger partial charge < -0.3 is 9.64 Å². The molecule has 3 heterocycles. The molecule has 0 radical (unpaired) electrons. The minimum atomic E-state index is 0.0383. The number of ether oxygens (including phenoxy) is 1. The van der Waals surface area contributed by atoms with Crippen molar-refractivity contribution in [3.63, 3.8) is 0 Å². The minimum Gasteiger partial charge on any atom is -0.367 e. The van der Waals surface area contributed by atoms with Crippen LogP contribution in [0, 0.1) is 0 Å². The molecule has 2 aliphatic rings. The number of pyridine rings is 1. The van der Waals surface area contributed by atoms with Crippen LogP contribution in [-0.2, 0) is 16.1 Å². The van der Waals surface area contributed by atoms with Gasteiger partial charge >= 0.3 is 0 Å². The largest absolute Gasteiger partial charge is 0.367 e. The van der Waals surface area contributed by atoms with E-state index in [0.29, 0.717) is 4.75 Å². The number of amides is 1. The number of carbonyl (C=O) groups excluding carboxylic acids is 1. The fraction of sp³-hybridized carbons (Fsp3) is 0.625. The van der Waals surface area contributed by atoms with Crippen LogP contribution in [0.5, 0.6) is 0 Å². The Morgan fingerprint density at radius 3 is 3.00 bits per heavy atom. The molecule has 0 N–H and O–H groups in total. The summed E-state index contributed by atoms with van der Waals surface area (Å²) in [6.07, 6.45) is 3.11. The van der Waals surface area contributed by atoms with E-state index in [-0.39, 0.29) is 18.6 Å². The highest BCUT2D eigenvalue weighted by molar-refractivity contribution is 8.01. The van der Waals surface area contributed by atoms with Crippen molar-refractivity contribution < 1.29 is 9.53 Å². The number of hydrogen-bond acceptors (Lipinski definition) is 5. The van der Waals surface area contributed by atoms with E-state index in [1.54, 1.807) is 19.0 Å². The molecule has 1 amide bonds. The summed E-state index contributed by atoms with van der Waals surface area (Å²) in [7, 11) is 3.52. The monoisotopic (exact) mass is 321 g/mol. The molecular weight excluding hydrogens is 298 g/mol. The van der Waals surface area contributed by atoms with Crippen LogP contribution in [0.3, 0.4) is 0 Å². The molecule has 1 atom stereocenters. The summed E-state index contributed by atoms with van der Waals surface area (Å²) in [5.41, 5.74) is 1.13. The van der Waals surface area contributed by atoms with Crippen LogP contribution in [0.1, 0.15) is 12.1 Å². The first-order valence-corrected chi connectivity index (χ1v) is 8.63. The molecule has 0 aromatic carbocycles. The molecule has 2 saturated heterocycles. The van der Waals surface area contributed by atoms with Crippen LogP contribution < -0.4 is 0 Å². The molecule has 22 heavy (non-hydrogen) atoms. The SMILES string of the molecule is CN(C)C(=O)COC1CSC2(C1)CN(Cc1ccccn1)C2. The molecule has 1 aromatic rings. The second-order valence-electron chi connectivity index (χ2n) is 6.39. The van der Waals surface area contributed by atoms with Gasteiger partial charge in [0, 0.05) is 50.4 Å². The maximum Gasteiger partial charge on any atom is 0.248 e. The number of likely N-dealkylation sites (N-methyl/N-ethyl adjacent to an activating group) is 1. The predicted octanol–water partition coefficient (Wildman–Crippen LogP) is 1.25. The molecule has 2 aliphatic heterocycles. The second kappa shape index (κ2) is 6.56. The Bertz CT molecular complexity index is 517. The van der Waals surface area contributed by atoms with Crippen molar-refractivity contribution in [3.8, 4) is 0 Å². The lowest BCUT2D eigenvalue weighted by Gasteiger charge is -2.47. The van der Waals surface area contributed by atoms with Crippen LogP contribution in [0.4, 0.5) is 0 Å². The van der Waals surface area contributed by atoms with Gasteiger partial charge in [0.1, 0.15) is 6.61 Å². The Morgan fingerprint density at radius 2 is 2.32 bits per heavy atom. The Hall–Kier alpha value is -1.11. The van der Waals surface area contributed by atoms with Crippen LogP contribution in [0.25, 0.3) is 0 Å². The zero-order valence-electron chi connectivity index (χ0n) is 13.2. The van der Waals surface area contributed by atoms with E-state index in [4.69, 9.17) is 4.74 Å². The third-order valence-corrected chi connectivity index (χ3v) is 5.83. The van der Waals surface area contributed by atoms with Gasteiger partial charge in [-0.3, -0.25) is 14.7 Å². The van der Waals surface area contributed by atoms with E-state index in [1.807, 2.05) is 30.1 Å². The van der Waals surface area contributed by atoms with Gasteiger partial charge in [0.15, 0.2) is 0 Å². The molecule has 1 aromatic heterocycles. The van der Waals surface area contributed by atoms with Crippen molar-refractivity contribution in [2.75, 3.05) is 39.5 Å². The lowest BCUT2D eigenvalue weighted by atomic mass is 9.93. The molecule has 1 unspecified atom stereocenters. The maximum absolute atomic E-state index is 11.6. The van der Waals surface area contributed by atoms with Gasteiger partial charge in [-0.2, -0.15) is 0 Å². The molecule has 3 rings (SSSR count). The van der Waals surface area contributed by atoms with Crippen molar-refractivity contribution >= 4 is 17.7 Å². The van der Waals surface area contributed by atoms with E-state index in [1.165, 1.54) is 0 Å². The number of hydrogen-bond donors (Lipinski definition) is 0. The Balaban J connectivity index is 1.41. The van der Waals surface area contributed by atoms with Crippen molar-refractivity contribution in [2.45, 2.75) is 23.8 Å². The van der Waals surface area contributed by atoms with E-state index >= 15 is 0 Å². The van der Waals surface area contributed by atoms with E-state index in [9.17, 15) is 4.79 Å². The minimum absolute atomic E-state index is 0.0383. The smallest absolute Gasteiger partial charge is 0.248 e. The molecule has 0 bridgehead atoms. The van der Waals surface area contributed by atoms with Crippen molar-refractivity contribution in [2.24, 2.45) is 0 Å². The third-order valence-electron chi connectivity index (χ3n) is 4.25.